The minimum Gasteiger partial charge on any atom is -0.493 e. The van der Waals surface area contributed by atoms with Gasteiger partial charge in [-0.1, -0.05) is 12.1 Å². The van der Waals surface area contributed by atoms with Crippen LogP contribution in [0.15, 0.2) is 36.4 Å². The summed E-state index contributed by atoms with van der Waals surface area (Å²) in [6.45, 7) is 1.83. The number of methoxy groups -OCH3 is 2. The summed E-state index contributed by atoms with van der Waals surface area (Å²) in [5, 5.41) is 22.4. The maximum atomic E-state index is 11.6. The number of nitrogens with zero attached hydrogens (tertiary/aromatic N) is 3. The fraction of sp³-hybridized carbons (Fsp3) is 0.368. The van der Waals surface area contributed by atoms with Crippen LogP contribution in [-0.2, 0) is 13.1 Å². The van der Waals surface area contributed by atoms with E-state index in [1.165, 1.54) is 32.4 Å². The molecule has 2 N–H and O–H groups in total. The quantitative estimate of drug-likeness (QED) is 0.446. The highest BCUT2D eigenvalue weighted by Crippen LogP contribution is 2.35. The highest BCUT2D eigenvalue weighted by atomic mass is 16.6. The van der Waals surface area contributed by atoms with Gasteiger partial charge >= 0.3 is 0 Å². The van der Waals surface area contributed by atoms with Gasteiger partial charge in [-0.3, -0.25) is 25.1 Å². The summed E-state index contributed by atoms with van der Waals surface area (Å²) in [4.78, 5) is 23.5. The van der Waals surface area contributed by atoms with Gasteiger partial charge in [-0.15, -0.1) is 0 Å². The number of nitrogens with two attached hydrogens (primary N) is 1. The highest BCUT2D eigenvalue weighted by Gasteiger charge is 2.21. The maximum absolute atomic E-state index is 11.6. The van der Waals surface area contributed by atoms with Gasteiger partial charge in [0.2, 0.25) is 0 Å². The molecule has 0 saturated heterocycles. The molecule has 0 fully saturated rings. The Labute approximate surface area is 168 Å². The Bertz CT molecular complexity index is 857. The Hall–Kier alpha value is -3.24. The van der Waals surface area contributed by atoms with Gasteiger partial charge in [0.25, 0.3) is 11.4 Å². The number of hydrogen-bond donors (Lipinski definition) is 1. The number of hydrogen-bond acceptors (Lipinski definition) is 8. The molecule has 0 unspecified atom stereocenters. The SMILES string of the molecule is COc1cc(CN(CCCN)Cc2ccc([N+](=O)[O-])cc2)c([N+](=O)[O-])cc1OC. The van der Waals surface area contributed by atoms with E-state index in [1.54, 1.807) is 18.2 Å². The molecule has 0 aliphatic heterocycles. The zero-order valence-electron chi connectivity index (χ0n) is 16.4. The molecule has 0 bridgehead atoms. The number of ether oxygens (including phenoxy) is 2. The summed E-state index contributed by atoms with van der Waals surface area (Å²) in [6, 6.07) is 9.18. The van der Waals surface area contributed by atoms with E-state index in [4.69, 9.17) is 15.2 Å². The third-order valence-electron chi connectivity index (χ3n) is 4.41. The molecule has 0 aliphatic carbocycles. The largest absolute Gasteiger partial charge is 0.493 e. The summed E-state index contributed by atoms with van der Waals surface area (Å²) >= 11 is 0. The Morgan fingerprint density at radius 2 is 1.59 bits per heavy atom. The van der Waals surface area contributed by atoms with Gasteiger partial charge in [0.1, 0.15) is 0 Å². The van der Waals surface area contributed by atoms with Gasteiger partial charge in [-0.2, -0.15) is 0 Å². The molecule has 2 rings (SSSR count). The van der Waals surface area contributed by atoms with Crippen molar-refractivity contribution in [2.75, 3.05) is 27.3 Å². The topological polar surface area (TPSA) is 134 Å². The van der Waals surface area contributed by atoms with Crippen molar-refractivity contribution in [3.8, 4) is 11.5 Å². The summed E-state index contributed by atoms with van der Waals surface area (Å²) < 4.78 is 10.4. The number of nitro benzene ring substituents is 2. The predicted molar refractivity (Wildman–Crippen MR) is 107 cm³/mol. The summed E-state index contributed by atoms with van der Waals surface area (Å²) in [5.74, 6) is 0.689. The van der Waals surface area contributed by atoms with Crippen LogP contribution in [0.1, 0.15) is 17.5 Å². The molecule has 2 aromatic carbocycles. The van der Waals surface area contributed by atoms with Crippen LogP contribution < -0.4 is 15.2 Å². The highest BCUT2D eigenvalue weighted by molar-refractivity contribution is 5.54. The fourth-order valence-electron chi connectivity index (χ4n) is 2.96. The van der Waals surface area contributed by atoms with Crippen LogP contribution in [0.2, 0.25) is 0 Å². The summed E-state index contributed by atoms with van der Waals surface area (Å²) in [7, 11) is 2.89. The van der Waals surface area contributed by atoms with Crippen LogP contribution >= 0.6 is 0 Å². The van der Waals surface area contributed by atoms with Crippen molar-refractivity contribution in [3.63, 3.8) is 0 Å². The van der Waals surface area contributed by atoms with Gasteiger partial charge < -0.3 is 15.2 Å². The van der Waals surface area contributed by atoms with Crippen LogP contribution in [0.3, 0.4) is 0 Å². The Morgan fingerprint density at radius 3 is 2.10 bits per heavy atom. The Balaban J connectivity index is 2.31. The number of benzene rings is 2. The van der Waals surface area contributed by atoms with Crippen molar-refractivity contribution in [1.29, 1.82) is 0 Å². The third-order valence-corrected chi connectivity index (χ3v) is 4.41. The van der Waals surface area contributed by atoms with Gasteiger partial charge in [0.05, 0.1) is 30.1 Å². The van der Waals surface area contributed by atoms with Crippen LogP contribution in [0.5, 0.6) is 11.5 Å². The van der Waals surface area contributed by atoms with E-state index in [1.807, 2.05) is 4.90 Å². The maximum Gasteiger partial charge on any atom is 0.277 e. The third kappa shape index (κ3) is 5.87. The van der Waals surface area contributed by atoms with Crippen molar-refractivity contribution in [1.82, 2.24) is 4.90 Å². The molecule has 2 aromatic rings. The molecular formula is C19H24N4O6. The van der Waals surface area contributed by atoms with Gasteiger partial charge in [-0.25, -0.2) is 0 Å². The number of nitro groups is 2. The van der Waals surface area contributed by atoms with Crippen molar-refractivity contribution in [2.45, 2.75) is 19.5 Å². The van der Waals surface area contributed by atoms with E-state index in [-0.39, 0.29) is 23.7 Å². The molecule has 156 valence electrons. The molecule has 10 nitrogen and oxygen atoms in total. The molecule has 0 spiro atoms. The molecule has 0 amide bonds. The van der Waals surface area contributed by atoms with E-state index >= 15 is 0 Å². The van der Waals surface area contributed by atoms with Crippen molar-refractivity contribution in [2.24, 2.45) is 5.73 Å². The lowest BCUT2D eigenvalue weighted by atomic mass is 10.1. The molecule has 0 saturated carbocycles. The second kappa shape index (κ2) is 10.3. The van der Waals surface area contributed by atoms with Gasteiger partial charge in [0.15, 0.2) is 11.5 Å². The summed E-state index contributed by atoms with van der Waals surface area (Å²) in [5.41, 5.74) is 6.91. The lowest BCUT2D eigenvalue weighted by molar-refractivity contribution is -0.385. The minimum absolute atomic E-state index is 0.0118. The van der Waals surface area contributed by atoms with E-state index in [0.717, 1.165) is 5.56 Å². The minimum atomic E-state index is -0.455. The summed E-state index contributed by atoms with van der Waals surface area (Å²) in [6.07, 6.45) is 0.702. The van der Waals surface area contributed by atoms with Crippen LogP contribution in [-0.4, -0.2) is 42.1 Å². The lowest BCUT2D eigenvalue weighted by Crippen LogP contribution is -2.26. The van der Waals surface area contributed by atoms with E-state index in [0.29, 0.717) is 37.4 Å². The Morgan fingerprint density at radius 1 is 0.966 bits per heavy atom. The molecule has 0 aromatic heterocycles. The average Bonchev–Trinajstić information content (AvgIpc) is 2.71. The van der Waals surface area contributed by atoms with Crippen LogP contribution in [0.4, 0.5) is 11.4 Å². The zero-order valence-corrected chi connectivity index (χ0v) is 16.4. The number of rotatable bonds is 11. The second-order valence-electron chi connectivity index (χ2n) is 6.37. The lowest BCUT2D eigenvalue weighted by Gasteiger charge is -2.23. The smallest absolute Gasteiger partial charge is 0.277 e. The Kier molecular flexibility index (Phi) is 7.87. The predicted octanol–water partition coefficient (Wildman–Crippen LogP) is 2.87. The molecule has 0 aliphatic rings. The van der Waals surface area contributed by atoms with Crippen molar-refractivity contribution < 1.29 is 19.3 Å². The van der Waals surface area contributed by atoms with Crippen molar-refractivity contribution >= 4 is 11.4 Å². The standard InChI is InChI=1S/C19H24N4O6/c1-28-18-10-15(17(23(26)27)11-19(18)29-2)13-21(9-3-8-20)12-14-4-6-16(7-5-14)22(24)25/h4-7,10-11H,3,8-9,12-13,20H2,1-2H3. The molecule has 0 atom stereocenters. The molecule has 0 radical (unpaired) electrons. The van der Waals surface area contributed by atoms with E-state index in [2.05, 4.69) is 0 Å². The van der Waals surface area contributed by atoms with Gasteiger partial charge in [0, 0.05) is 37.3 Å². The fourth-order valence-corrected chi connectivity index (χ4v) is 2.96. The zero-order chi connectivity index (χ0) is 21.4. The van der Waals surface area contributed by atoms with E-state index in [9.17, 15) is 20.2 Å². The average molecular weight is 404 g/mol. The normalized spacial score (nSPS) is 10.8. The molecular weight excluding hydrogens is 380 g/mol. The monoisotopic (exact) mass is 404 g/mol. The van der Waals surface area contributed by atoms with E-state index < -0.39 is 9.85 Å². The van der Waals surface area contributed by atoms with Crippen LogP contribution in [0.25, 0.3) is 0 Å². The molecule has 29 heavy (non-hydrogen) atoms. The molecule has 0 heterocycles. The molecule has 10 heteroatoms. The van der Waals surface area contributed by atoms with Crippen molar-refractivity contribution in [3.05, 3.63) is 67.8 Å². The first-order valence-corrected chi connectivity index (χ1v) is 8.94. The first-order valence-electron chi connectivity index (χ1n) is 8.94. The van der Waals surface area contributed by atoms with Gasteiger partial charge in [-0.05, 0) is 24.6 Å². The second-order valence-corrected chi connectivity index (χ2v) is 6.37. The number of non-ortho nitro benzene ring substituents is 1. The van der Waals surface area contributed by atoms with Crippen LogP contribution in [0, 0.1) is 20.2 Å². The first kappa shape index (κ1) is 22.1. The first-order chi connectivity index (χ1) is 13.9.